The molecule has 2 heterocycles. The van der Waals surface area contributed by atoms with Gasteiger partial charge in [0, 0.05) is 41.4 Å². The standard InChI is InChI=1S/C24H30N2OS/c1-16-7-8-17(2)23(11-16)28-15-18-5-4-6-19(12-18)24(27)26(3)22-13-20-9-10-21(14-22)25-20/h4-8,11-12,20-22,25H,9-10,13-15H2,1-3H3. The molecule has 2 atom stereocenters. The van der Waals surface area contributed by atoms with Crippen molar-refractivity contribution in [1.82, 2.24) is 10.2 Å². The van der Waals surface area contributed by atoms with E-state index in [0.29, 0.717) is 18.1 Å². The number of carbonyl (C=O) groups is 1. The second-order valence-electron chi connectivity index (χ2n) is 8.44. The maximum Gasteiger partial charge on any atom is 0.253 e. The summed E-state index contributed by atoms with van der Waals surface area (Å²) < 4.78 is 0. The van der Waals surface area contributed by atoms with Crippen LogP contribution in [0.2, 0.25) is 0 Å². The molecule has 2 aliphatic rings. The molecule has 2 aromatic carbocycles. The van der Waals surface area contributed by atoms with Gasteiger partial charge in [-0.1, -0.05) is 29.8 Å². The molecule has 0 radical (unpaired) electrons. The molecule has 4 heteroatoms. The number of hydrogen-bond donors (Lipinski definition) is 1. The Morgan fingerprint density at radius 1 is 1.11 bits per heavy atom. The van der Waals surface area contributed by atoms with Gasteiger partial charge in [-0.25, -0.2) is 0 Å². The average molecular weight is 395 g/mol. The highest BCUT2D eigenvalue weighted by atomic mass is 32.2. The van der Waals surface area contributed by atoms with Crippen LogP contribution in [0.25, 0.3) is 0 Å². The number of nitrogens with one attached hydrogen (secondary N) is 1. The maximum absolute atomic E-state index is 13.1. The minimum atomic E-state index is 0.157. The van der Waals surface area contributed by atoms with Crippen molar-refractivity contribution in [1.29, 1.82) is 0 Å². The molecular weight excluding hydrogens is 364 g/mol. The van der Waals surface area contributed by atoms with Crippen LogP contribution in [0.4, 0.5) is 0 Å². The van der Waals surface area contributed by atoms with E-state index in [1.807, 2.05) is 35.8 Å². The number of amides is 1. The van der Waals surface area contributed by atoms with E-state index in [-0.39, 0.29) is 5.91 Å². The molecule has 4 rings (SSSR count). The molecule has 2 aromatic rings. The van der Waals surface area contributed by atoms with Gasteiger partial charge in [0.15, 0.2) is 0 Å². The predicted octanol–water partition coefficient (Wildman–Crippen LogP) is 4.95. The first-order valence-electron chi connectivity index (χ1n) is 10.3. The zero-order valence-electron chi connectivity index (χ0n) is 17.1. The van der Waals surface area contributed by atoms with E-state index in [4.69, 9.17) is 0 Å². The van der Waals surface area contributed by atoms with Gasteiger partial charge in [-0.05, 0) is 68.9 Å². The number of benzene rings is 2. The molecule has 2 bridgehead atoms. The Labute approximate surface area is 172 Å². The van der Waals surface area contributed by atoms with Gasteiger partial charge in [0.05, 0.1) is 0 Å². The van der Waals surface area contributed by atoms with Crippen molar-refractivity contribution >= 4 is 17.7 Å². The molecule has 1 N–H and O–H groups in total. The monoisotopic (exact) mass is 394 g/mol. The van der Waals surface area contributed by atoms with Crippen molar-refractivity contribution in [2.24, 2.45) is 0 Å². The third-order valence-electron chi connectivity index (χ3n) is 6.23. The number of nitrogens with zero attached hydrogens (tertiary/aromatic N) is 1. The van der Waals surface area contributed by atoms with Crippen molar-refractivity contribution in [2.45, 2.75) is 68.3 Å². The molecule has 0 saturated carbocycles. The summed E-state index contributed by atoms with van der Waals surface area (Å²) in [5.74, 6) is 1.04. The Morgan fingerprint density at radius 2 is 1.86 bits per heavy atom. The van der Waals surface area contributed by atoms with Gasteiger partial charge >= 0.3 is 0 Å². The molecule has 2 fully saturated rings. The zero-order valence-corrected chi connectivity index (χ0v) is 17.9. The van der Waals surface area contributed by atoms with Crippen LogP contribution < -0.4 is 5.32 Å². The fourth-order valence-corrected chi connectivity index (χ4v) is 5.60. The lowest BCUT2D eigenvalue weighted by molar-refractivity contribution is 0.0681. The molecule has 2 saturated heterocycles. The Hall–Kier alpha value is -1.78. The third-order valence-corrected chi connectivity index (χ3v) is 7.46. The largest absolute Gasteiger partial charge is 0.339 e. The number of rotatable bonds is 5. The van der Waals surface area contributed by atoms with E-state index in [2.05, 4.69) is 49.5 Å². The smallest absolute Gasteiger partial charge is 0.253 e. The van der Waals surface area contributed by atoms with Crippen LogP contribution in [0.1, 0.15) is 52.7 Å². The van der Waals surface area contributed by atoms with E-state index in [9.17, 15) is 4.79 Å². The van der Waals surface area contributed by atoms with E-state index in [1.54, 1.807) is 0 Å². The third kappa shape index (κ3) is 4.28. The molecular formula is C24H30N2OS. The van der Waals surface area contributed by atoms with E-state index >= 15 is 0 Å². The SMILES string of the molecule is Cc1ccc(C)c(SCc2cccc(C(=O)N(C)C3CC4CCC(C3)N4)c2)c1. The van der Waals surface area contributed by atoms with Crippen LogP contribution in [0.3, 0.4) is 0 Å². The van der Waals surface area contributed by atoms with Crippen molar-refractivity contribution in [3.05, 3.63) is 64.7 Å². The summed E-state index contributed by atoms with van der Waals surface area (Å²) in [6.07, 6.45) is 4.68. The van der Waals surface area contributed by atoms with Crippen molar-refractivity contribution in [3.8, 4) is 0 Å². The molecule has 148 valence electrons. The number of thioether (sulfide) groups is 1. The maximum atomic E-state index is 13.1. The number of carbonyl (C=O) groups excluding carboxylic acids is 1. The second-order valence-corrected chi connectivity index (χ2v) is 9.45. The fraction of sp³-hybridized carbons (Fsp3) is 0.458. The topological polar surface area (TPSA) is 32.3 Å². The summed E-state index contributed by atoms with van der Waals surface area (Å²) in [7, 11) is 1.98. The Morgan fingerprint density at radius 3 is 2.61 bits per heavy atom. The quantitative estimate of drug-likeness (QED) is 0.728. The molecule has 28 heavy (non-hydrogen) atoms. The molecule has 1 amide bonds. The van der Waals surface area contributed by atoms with Crippen molar-refractivity contribution < 1.29 is 4.79 Å². The van der Waals surface area contributed by atoms with E-state index in [1.165, 1.54) is 34.4 Å². The Balaban J connectivity index is 1.42. The van der Waals surface area contributed by atoms with Crippen LogP contribution in [-0.2, 0) is 5.75 Å². The lowest BCUT2D eigenvalue weighted by Crippen LogP contribution is -2.48. The second kappa shape index (κ2) is 8.30. The molecule has 0 spiro atoms. The summed E-state index contributed by atoms with van der Waals surface area (Å²) in [5, 5.41) is 3.66. The number of aryl methyl sites for hydroxylation is 2. The number of fused-ring (bicyclic) bond motifs is 2. The summed E-state index contributed by atoms with van der Waals surface area (Å²) >= 11 is 1.85. The first-order chi connectivity index (χ1) is 13.5. The first-order valence-corrected chi connectivity index (χ1v) is 11.3. The highest BCUT2D eigenvalue weighted by molar-refractivity contribution is 7.98. The summed E-state index contributed by atoms with van der Waals surface area (Å²) in [4.78, 5) is 16.4. The minimum absolute atomic E-state index is 0.157. The Kier molecular flexibility index (Phi) is 5.79. The molecule has 2 aliphatic heterocycles. The molecule has 2 unspecified atom stereocenters. The molecule has 0 aliphatic carbocycles. The van der Waals surface area contributed by atoms with Gasteiger partial charge in [0.2, 0.25) is 0 Å². The summed E-state index contributed by atoms with van der Waals surface area (Å²) in [6.45, 7) is 4.29. The lowest BCUT2D eigenvalue weighted by atomic mass is 9.98. The summed E-state index contributed by atoms with van der Waals surface area (Å²) in [5.41, 5.74) is 4.61. The van der Waals surface area contributed by atoms with E-state index in [0.717, 1.165) is 24.2 Å². The Bertz CT molecular complexity index is 853. The van der Waals surface area contributed by atoms with Crippen molar-refractivity contribution in [3.63, 3.8) is 0 Å². The number of piperidine rings is 1. The predicted molar refractivity (Wildman–Crippen MR) is 117 cm³/mol. The average Bonchev–Trinajstić information content (AvgIpc) is 3.05. The van der Waals surface area contributed by atoms with Crippen LogP contribution >= 0.6 is 11.8 Å². The fourth-order valence-electron chi connectivity index (χ4n) is 4.53. The van der Waals surface area contributed by atoms with Crippen LogP contribution in [0.15, 0.2) is 47.4 Å². The van der Waals surface area contributed by atoms with E-state index < -0.39 is 0 Å². The first kappa shape index (κ1) is 19.5. The van der Waals surface area contributed by atoms with Gasteiger partial charge in [-0.15, -0.1) is 11.8 Å². The van der Waals surface area contributed by atoms with Gasteiger partial charge in [0.25, 0.3) is 5.91 Å². The molecule has 3 nitrogen and oxygen atoms in total. The summed E-state index contributed by atoms with van der Waals surface area (Å²) in [6, 6.07) is 16.3. The van der Waals surface area contributed by atoms with Crippen LogP contribution in [-0.4, -0.2) is 36.0 Å². The number of hydrogen-bond acceptors (Lipinski definition) is 3. The minimum Gasteiger partial charge on any atom is -0.339 e. The molecule has 0 aromatic heterocycles. The normalized spacial score (nSPS) is 23.6. The zero-order chi connectivity index (χ0) is 19.7. The van der Waals surface area contributed by atoms with Crippen LogP contribution in [0, 0.1) is 13.8 Å². The highest BCUT2D eigenvalue weighted by Gasteiger charge is 2.36. The van der Waals surface area contributed by atoms with Gasteiger partial charge in [0.1, 0.15) is 0 Å². The highest BCUT2D eigenvalue weighted by Crippen LogP contribution is 2.30. The lowest BCUT2D eigenvalue weighted by Gasteiger charge is -2.35. The van der Waals surface area contributed by atoms with Crippen molar-refractivity contribution in [2.75, 3.05) is 7.05 Å². The van der Waals surface area contributed by atoms with Gasteiger partial charge < -0.3 is 10.2 Å². The van der Waals surface area contributed by atoms with Crippen LogP contribution in [0.5, 0.6) is 0 Å². The van der Waals surface area contributed by atoms with Gasteiger partial charge in [-0.3, -0.25) is 4.79 Å². The van der Waals surface area contributed by atoms with Gasteiger partial charge in [-0.2, -0.15) is 0 Å².